The lowest BCUT2D eigenvalue weighted by molar-refractivity contribution is 0.321. The van der Waals surface area contributed by atoms with Crippen molar-refractivity contribution in [1.29, 1.82) is 0 Å². The van der Waals surface area contributed by atoms with Crippen LogP contribution in [-0.2, 0) is 4.74 Å². The third kappa shape index (κ3) is 1.98. The van der Waals surface area contributed by atoms with Gasteiger partial charge in [0.1, 0.15) is 12.4 Å². The molecule has 0 fully saturated rings. The molecule has 2 aromatic rings. The van der Waals surface area contributed by atoms with E-state index in [1.807, 2.05) is 24.3 Å². The van der Waals surface area contributed by atoms with Gasteiger partial charge in [-0.25, -0.2) is 0 Å². The van der Waals surface area contributed by atoms with Gasteiger partial charge in [-0.2, -0.15) is 0 Å². The monoisotopic (exact) mass is 210 g/mol. The summed E-state index contributed by atoms with van der Waals surface area (Å²) in [5.74, 6) is 0.691. The minimum Gasteiger partial charge on any atom is -0.490 e. The van der Waals surface area contributed by atoms with Crippen LogP contribution in [0.25, 0.3) is 16.5 Å². The van der Waals surface area contributed by atoms with Crippen molar-refractivity contribution in [3.63, 3.8) is 0 Å². The Kier molecular flexibility index (Phi) is 3.06. The fraction of sp³-hybridized carbons (Fsp3) is 0.0667. The molecule has 0 aliphatic rings. The molecule has 0 heterocycles. The van der Waals surface area contributed by atoms with E-state index in [4.69, 9.17) is 4.74 Å². The van der Waals surface area contributed by atoms with Gasteiger partial charge >= 0.3 is 0 Å². The van der Waals surface area contributed by atoms with E-state index in [0.29, 0.717) is 12.4 Å². The second kappa shape index (κ2) is 4.67. The van der Waals surface area contributed by atoms with Gasteiger partial charge in [-0.3, -0.25) is 0 Å². The van der Waals surface area contributed by atoms with Crippen LogP contribution >= 0.6 is 0 Å². The number of benzene rings is 2. The molecule has 0 atom stereocenters. The van der Waals surface area contributed by atoms with Crippen molar-refractivity contribution < 1.29 is 4.74 Å². The molecule has 0 aliphatic carbocycles. The zero-order chi connectivity index (χ0) is 11.4. The molecule has 0 N–H and O–H groups in total. The molecule has 0 unspecified atom stereocenters. The summed E-state index contributed by atoms with van der Waals surface area (Å²) in [5.41, 5.74) is 1.04. The zero-order valence-corrected chi connectivity index (χ0v) is 9.15. The molecular weight excluding hydrogens is 196 g/mol. The maximum atomic E-state index is 5.47. The highest BCUT2D eigenvalue weighted by molar-refractivity contribution is 5.92. The number of hydrogen-bond donors (Lipinski definition) is 0. The highest BCUT2D eigenvalue weighted by atomic mass is 16.5. The van der Waals surface area contributed by atoms with Crippen molar-refractivity contribution in [2.45, 2.75) is 0 Å². The lowest BCUT2D eigenvalue weighted by Crippen LogP contribution is -1.91. The van der Waals surface area contributed by atoms with Gasteiger partial charge in [-0.15, -0.1) is 0 Å². The maximum absolute atomic E-state index is 5.47. The molecule has 16 heavy (non-hydrogen) atoms. The third-order valence-corrected chi connectivity index (χ3v) is 2.47. The van der Waals surface area contributed by atoms with Gasteiger partial charge in [0.2, 0.25) is 0 Å². The van der Waals surface area contributed by atoms with E-state index in [0.717, 1.165) is 5.56 Å². The highest BCUT2D eigenvalue weighted by Gasteiger charge is 2.03. The molecule has 80 valence electrons. The second-order valence-corrected chi connectivity index (χ2v) is 3.55. The SMILES string of the molecule is C=CCOC(=C)c1cccc2ccccc12. The van der Waals surface area contributed by atoms with Crippen LogP contribution in [0.3, 0.4) is 0 Å². The van der Waals surface area contributed by atoms with E-state index in [1.54, 1.807) is 6.08 Å². The Morgan fingerprint density at radius 1 is 1.12 bits per heavy atom. The summed E-state index contributed by atoms with van der Waals surface area (Å²) >= 11 is 0. The molecule has 1 nitrogen and oxygen atoms in total. The van der Waals surface area contributed by atoms with Crippen LogP contribution < -0.4 is 0 Å². The Bertz CT molecular complexity index is 520. The van der Waals surface area contributed by atoms with E-state index < -0.39 is 0 Å². The average Bonchev–Trinajstić information content (AvgIpc) is 2.35. The Morgan fingerprint density at radius 3 is 2.69 bits per heavy atom. The Balaban J connectivity index is 2.44. The molecule has 2 aromatic carbocycles. The van der Waals surface area contributed by atoms with E-state index >= 15 is 0 Å². The summed E-state index contributed by atoms with van der Waals surface area (Å²) in [4.78, 5) is 0. The summed E-state index contributed by atoms with van der Waals surface area (Å²) in [6.45, 7) is 8.05. The topological polar surface area (TPSA) is 9.23 Å². The van der Waals surface area contributed by atoms with Crippen molar-refractivity contribution in [2.24, 2.45) is 0 Å². The van der Waals surface area contributed by atoms with Crippen LogP contribution in [0.4, 0.5) is 0 Å². The van der Waals surface area contributed by atoms with E-state index in [2.05, 4.69) is 31.4 Å². The molecule has 0 saturated carbocycles. The predicted molar refractivity (Wildman–Crippen MR) is 69.1 cm³/mol. The minimum atomic E-state index is 0.488. The summed E-state index contributed by atoms with van der Waals surface area (Å²) < 4.78 is 5.47. The van der Waals surface area contributed by atoms with Gasteiger partial charge in [0, 0.05) is 5.56 Å². The normalized spacial score (nSPS) is 10.0. The van der Waals surface area contributed by atoms with Crippen LogP contribution in [0.1, 0.15) is 5.56 Å². The first-order chi connectivity index (χ1) is 7.83. The molecule has 0 amide bonds. The van der Waals surface area contributed by atoms with Crippen LogP contribution in [-0.4, -0.2) is 6.61 Å². The molecule has 2 rings (SSSR count). The van der Waals surface area contributed by atoms with Gasteiger partial charge in [0.15, 0.2) is 0 Å². The number of hydrogen-bond acceptors (Lipinski definition) is 1. The number of fused-ring (bicyclic) bond motifs is 1. The first-order valence-electron chi connectivity index (χ1n) is 5.23. The lowest BCUT2D eigenvalue weighted by Gasteiger charge is -2.10. The van der Waals surface area contributed by atoms with Gasteiger partial charge in [-0.05, 0) is 10.8 Å². The smallest absolute Gasteiger partial charge is 0.120 e. The lowest BCUT2D eigenvalue weighted by atomic mass is 10.0. The van der Waals surface area contributed by atoms with Crippen LogP contribution in [0.5, 0.6) is 0 Å². The first-order valence-corrected chi connectivity index (χ1v) is 5.23. The predicted octanol–water partition coefficient (Wildman–Crippen LogP) is 4.01. The standard InChI is InChI=1S/C15H14O/c1-3-11-16-12(2)14-10-6-8-13-7-4-5-9-15(13)14/h3-10H,1-2,11H2. The quantitative estimate of drug-likeness (QED) is 0.547. The summed E-state index contributed by atoms with van der Waals surface area (Å²) in [7, 11) is 0. The van der Waals surface area contributed by atoms with E-state index in [9.17, 15) is 0 Å². The third-order valence-electron chi connectivity index (χ3n) is 2.47. The molecule has 0 aliphatic heterocycles. The molecule has 0 spiro atoms. The molecule has 0 radical (unpaired) electrons. The largest absolute Gasteiger partial charge is 0.490 e. The van der Waals surface area contributed by atoms with Crippen molar-refractivity contribution in [1.82, 2.24) is 0 Å². The van der Waals surface area contributed by atoms with Crippen LogP contribution in [0.15, 0.2) is 61.7 Å². The number of rotatable bonds is 4. The van der Waals surface area contributed by atoms with Gasteiger partial charge in [0.25, 0.3) is 0 Å². The minimum absolute atomic E-state index is 0.488. The zero-order valence-electron chi connectivity index (χ0n) is 9.15. The Labute approximate surface area is 95.7 Å². The molecule has 0 bridgehead atoms. The van der Waals surface area contributed by atoms with Crippen molar-refractivity contribution in [3.05, 3.63) is 67.3 Å². The fourth-order valence-electron chi connectivity index (χ4n) is 1.71. The van der Waals surface area contributed by atoms with E-state index in [-0.39, 0.29) is 0 Å². The Hall–Kier alpha value is -2.02. The molecule has 1 heteroatoms. The molecule has 0 aromatic heterocycles. The van der Waals surface area contributed by atoms with Crippen molar-refractivity contribution >= 4 is 16.5 Å². The summed E-state index contributed by atoms with van der Waals surface area (Å²) in [6, 6.07) is 14.3. The highest BCUT2D eigenvalue weighted by Crippen LogP contribution is 2.24. The fourth-order valence-corrected chi connectivity index (χ4v) is 1.71. The van der Waals surface area contributed by atoms with Crippen LogP contribution in [0, 0.1) is 0 Å². The Morgan fingerprint density at radius 2 is 1.88 bits per heavy atom. The van der Waals surface area contributed by atoms with Crippen molar-refractivity contribution in [3.8, 4) is 0 Å². The van der Waals surface area contributed by atoms with Crippen LogP contribution in [0.2, 0.25) is 0 Å². The summed E-state index contributed by atoms with van der Waals surface area (Å²) in [6.07, 6.45) is 1.72. The second-order valence-electron chi connectivity index (χ2n) is 3.55. The molecular formula is C15H14O. The molecule has 0 saturated heterocycles. The van der Waals surface area contributed by atoms with Crippen molar-refractivity contribution in [2.75, 3.05) is 6.61 Å². The van der Waals surface area contributed by atoms with Gasteiger partial charge < -0.3 is 4.74 Å². The number of ether oxygens (including phenoxy) is 1. The maximum Gasteiger partial charge on any atom is 0.120 e. The van der Waals surface area contributed by atoms with E-state index in [1.165, 1.54) is 10.8 Å². The summed E-state index contributed by atoms with van der Waals surface area (Å²) in [5, 5.41) is 2.36. The van der Waals surface area contributed by atoms with Gasteiger partial charge in [0.05, 0.1) is 0 Å². The average molecular weight is 210 g/mol. The first kappa shape index (κ1) is 10.5. The van der Waals surface area contributed by atoms with Gasteiger partial charge in [-0.1, -0.05) is 61.7 Å².